The molecule has 0 radical (unpaired) electrons. The van der Waals surface area contributed by atoms with Gasteiger partial charge in [-0.2, -0.15) is 0 Å². The minimum atomic E-state index is -0.482. The van der Waals surface area contributed by atoms with Crippen LogP contribution in [0.5, 0.6) is 0 Å². The van der Waals surface area contributed by atoms with Crippen LogP contribution in [0.1, 0.15) is 13.8 Å². The van der Waals surface area contributed by atoms with Gasteiger partial charge in [-0.3, -0.25) is 5.32 Å². The van der Waals surface area contributed by atoms with E-state index in [0.717, 1.165) is 0 Å². The van der Waals surface area contributed by atoms with E-state index in [2.05, 4.69) is 37.2 Å². The number of benzene rings is 1. The maximum Gasteiger partial charge on any atom is 0.411 e. The number of carbonyl (C=O) groups is 1. The summed E-state index contributed by atoms with van der Waals surface area (Å²) < 4.78 is 6.42. The van der Waals surface area contributed by atoms with Crippen molar-refractivity contribution in [1.29, 1.82) is 0 Å². The Morgan fingerprint density at radius 1 is 1.41 bits per heavy atom. The summed E-state index contributed by atoms with van der Waals surface area (Å²) in [7, 11) is 0. The molecule has 6 heteroatoms. The van der Waals surface area contributed by atoms with Crippen LogP contribution in [0, 0.1) is 5.92 Å². The molecule has 1 rings (SSSR count). The third-order valence-electron chi connectivity index (χ3n) is 1.84. The molecule has 0 aliphatic rings. The molecule has 0 aliphatic carbocycles. The highest BCUT2D eigenvalue weighted by atomic mass is 79.9. The van der Waals surface area contributed by atoms with Crippen molar-refractivity contribution in [2.75, 3.05) is 17.7 Å². The van der Waals surface area contributed by atoms with Gasteiger partial charge in [0.2, 0.25) is 0 Å². The number of nitrogen functional groups attached to an aromatic ring is 1. The topological polar surface area (TPSA) is 64.3 Å². The Balaban J connectivity index is 2.72. The van der Waals surface area contributed by atoms with Gasteiger partial charge in [0.25, 0.3) is 0 Å². The van der Waals surface area contributed by atoms with E-state index in [1.807, 2.05) is 13.8 Å². The van der Waals surface area contributed by atoms with Gasteiger partial charge < -0.3 is 10.5 Å². The summed E-state index contributed by atoms with van der Waals surface area (Å²) >= 11 is 6.65. The Morgan fingerprint density at radius 2 is 1.94 bits per heavy atom. The Hall–Kier alpha value is -0.750. The van der Waals surface area contributed by atoms with E-state index in [1.54, 1.807) is 12.1 Å². The van der Waals surface area contributed by atoms with Gasteiger partial charge in [0.05, 0.1) is 12.3 Å². The second-order valence-corrected chi connectivity index (χ2v) is 5.69. The van der Waals surface area contributed by atoms with Gasteiger partial charge >= 0.3 is 6.09 Å². The zero-order valence-electron chi connectivity index (χ0n) is 9.59. The van der Waals surface area contributed by atoms with E-state index in [1.165, 1.54) is 0 Å². The zero-order valence-corrected chi connectivity index (χ0v) is 12.8. The minimum Gasteiger partial charge on any atom is -0.449 e. The molecule has 0 heterocycles. The number of hydrogen-bond donors (Lipinski definition) is 2. The summed E-state index contributed by atoms with van der Waals surface area (Å²) in [4.78, 5) is 11.5. The van der Waals surface area contributed by atoms with Crippen LogP contribution in [0.25, 0.3) is 0 Å². The smallest absolute Gasteiger partial charge is 0.411 e. The predicted octanol–water partition coefficient (Wildman–Crippen LogP) is 4.00. The highest BCUT2D eigenvalue weighted by molar-refractivity contribution is 9.11. The molecule has 0 saturated carbocycles. The molecule has 0 spiro atoms. The fraction of sp³-hybridized carbons (Fsp3) is 0.364. The van der Waals surface area contributed by atoms with Crippen molar-refractivity contribution >= 4 is 49.3 Å². The van der Waals surface area contributed by atoms with Crippen molar-refractivity contribution in [3.05, 3.63) is 21.1 Å². The molecular weight excluding hydrogens is 352 g/mol. The van der Waals surface area contributed by atoms with Gasteiger partial charge in [-0.25, -0.2) is 4.79 Å². The first-order chi connectivity index (χ1) is 7.90. The molecule has 0 unspecified atom stereocenters. The van der Waals surface area contributed by atoms with Crippen molar-refractivity contribution in [3.63, 3.8) is 0 Å². The molecule has 1 amide bonds. The zero-order chi connectivity index (χ0) is 13.0. The number of halogens is 2. The van der Waals surface area contributed by atoms with Gasteiger partial charge in [-0.05, 0) is 49.9 Å². The predicted molar refractivity (Wildman–Crippen MR) is 76.1 cm³/mol. The van der Waals surface area contributed by atoms with Gasteiger partial charge in [0.1, 0.15) is 0 Å². The number of amides is 1. The largest absolute Gasteiger partial charge is 0.449 e. The molecule has 0 saturated heterocycles. The fourth-order valence-electron chi connectivity index (χ4n) is 1.09. The third-order valence-corrected chi connectivity index (χ3v) is 3.09. The van der Waals surface area contributed by atoms with Crippen LogP contribution < -0.4 is 11.1 Å². The first kappa shape index (κ1) is 14.3. The van der Waals surface area contributed by atoms with E-state index < -0.39 is 6.09 Å². The van der Waals surface area contributed by atoms with Gasteiger partial charge in [0, 0.05) is 14.6 Å². The number of nitrogens with one attached hydrogen (secondary N) is 1. The van der Waals surface area contributed by atoms with Crippen LogP contribution in [0.2, 0.25) is 0 Å². The summed E-state index contributed by atoms with van der Waals surface area (Å²) in [5.74, 6) is 0.305. The molecule has 0 aromatic heterocycles. The van der Waals surface area contributed by atoms with Crippen molar-refractivity contribution in [2.45, 2.75) is 13.8 Å². The van der Waals surface area contributed by atoms with Crippen molar-refractivity contribution in [3.8, 4) is 0 Å². The standard InChI is InChI=1S/C11H14Br2N2O2/c1-6(2)5-17-11(16)15-10-8(12)3-7(14)4-9(10)13/h3-4,6H,5,14H2,1-2H3,(H,15,16). The Labute approximate surface area is 117 Å². The Bertz CT molecular complexity index is 399. The number of ether oxygens (including phenoxy) is 1. The van der Waals surface area contributed by atoms with Gasteiger partial charge in [0.15, 0.2) is 0 Å². The third kappa shape index (κ3) is 4.55. The van der Waals surface area contributed by atoms with E-state index in [-0.39, 0.29) is 0 Å². The fourth-order valence-corrected chi connectivity index (χ4v) is 2.51. The highest BCUT2D eigenvalue weighted by Crippen LogP contribution is 2.33. The summed E-state index contributed by atoms with van der Waals surface area (Å²) in [6, 6.07) is 3.42. The molecule has 17 heavy (non-hydrogen) atoms. The molecule has 4 nitrogen and oxygen atoms in total. The molecule has 1 aromatic carbocycles. The second kappa shape index (κ2) is 6.26. The van der Waals surface area contributed by atoms with Gasteiger partial charge in [-0.1, -0.05) is 13.8 Å². The van der Waals surface area contributed by atoms with Gasteiger partial charge in [-0.15, -0.1) is 0 Å². The first-order valence-electron chi connectivity index (χ1n) is 5.08. The quantitative estimate of drug-likeness (QED) is 0.795. The number of nitrogens with two attached hydrogens (primary N) is 1. The monoisotopic (exact) mass is 364 g/mol. The van der Waals surface area contributed by atoms with Crippen LogP contribution in [0.15, 0.2) is 21.1 Å². The van der Waals surface area contributed by atoms with E-state index in [9.17, 15) is 4.79 Å². The lowest BCUT2D eigenvalue weighted by atomic mass is 10.2. The molecule has 0 fully saturated rings. The highest BCUT2D eigenvalue weighted by Gasteiger charge is 2.11. The average molecular weight is 366 g/mol. The Morgan fingerprint density at radius 3 is 2.41 bits per heavy atom. The van der Waals surface area contributed by atoms with E-state index in [4.69, 9.17) is 10.5 Å². The molecule has 0 aliphatic heterocycles. The van der Waals surface area contributed by atoms with Crippen LogP contribution >= 0.6 is 31.9 Å². The van der Waals surface area contributed by atoms with Crippen molar-refractivity contribution < 1.29 is 9.53 Å². The summed E-state index contributed by atoms with van der Waals surface area (Å²) in [5, 5.41) is 2.65. The summed E-state index contributed by atoms with van der Waals surface area (Å²) in [5.41, 5.74) is 6.86. The number of anilines is 2. The van der Waals surface area contributed by atoms with Crippen LogP contribution in [0.3, 0.4) is 0 Å². The average Bonchev–Trinajstić information content (AvgIpc) is 2.20. The molecule has 0 atom stereocenters. The SMILES string of the molecule is CC(C)COC(=O)Nc1c(Br)cc(N)cc1Br. The first-order valence-corrected chi connectivity index (χ1v) is 6.67. The van der Waals surface area contributed by atoms with Crippen LogP contribution in [-0.2, 0) is 4.74 Å². The van der Waals surface area contributed by atoms with E-state index in [0.29, 0.717) is 32.8 Å². The summed E-state index contributed by atoms with van der Waals surface area (Å²) in [6.45, 7) is 4.33. The lowest BCUT2D eigenvalue weighted by Gasteiger charge is -2.12. The maximum atomic E-state index is 11.5. The number of rotatable bonds is 3. The van der Waals surface area contributed by atoms with Crippen LogP contribution in [0.4, 0.5) is 16.2 Å². The van der Waals surface area contributed by atoms with Crippen LogP contribution in [-0.4, -0.2) is 12.7 Å². The second-order valence-electron chi connectivity index (χ2n) is 3.98. The molecular formula is C11H14Br2N2O2. The van der Waals surface area contributed by atoms with Crippen molar-refractivity contribution in [1.82, 2.24) is 0 Å². The maximum absolute atomic E-state index is 11.5. The molecule has 94 valence electrons. The lowest BCUT2D eigenvalue weighted by molar-refractivity contribution is 0.147. The van der Waals surface area contributed by atoms with Crippen molar-refractivity contribution in [2.24, 2.45) is 5.92 Å². The number of hydrogen-bond acceptors (Lipinski definition) is 3. The number of carbonyl (C=O) groups excluding carboxylic acids is 1. The minimum absolute atomic E-state index is 0.305. The van der Waals surface area contributed by atoms with E-state index >= 15 is 0 Å². The molecule has 1 aromatic rings. The normalized spacial score (nSPS) is 10.4. The summed E-state index contributed by atoms with van der Waals surface area (Å²) in [6.07, 6.45) is -0.482. The molecule has 3 N–H and O–H groups in total. The molecule has 0 bridgehead atoms. The Kier molecular flexibility index (Phi) is 5.27. The lowest BCUT2D eigenvalue weighted by Crippen LogP contribution is -2.17.